The van der Waals surface area contributed by atoms with Crippen molar-refractivity contribution in [2.24, 2.45) is 0 Å². The zero-order valence-electron chi connectivity index (χ0n) is 11.4. The molecule has 0 radical (unpaired) electrons. The van der Waals surface area contributed by atoms with Gasteiger partial charge < -0.3 is 0 Å². The average Bonchev–Trinajstić information content (AvgIpc) is 2.46. The monoisotopic (exact) mass is 345 g/mol. The fourth-order valence-electron chi connectivity index (χ4n) is 1.88. The Morgan fingerprint density at radius 2 is 1.59 bits per heavy atom. The van der Waals surface area contributed by atoms with Gasteiger partial charge in [-0.15, -0.1) is 0 Å². The van der Waals surface area contributed by atoms with Crippen molar-refractivity contribution in [2.45, 2.75) is 9.79 Å². The van der Waals surface area contributed by atoms with Crippen LogP contribution in [0.2, 0.25) is 0 Å². The van der Waals surface area contributed by atoms with Crippen molar-refractivity contribution in [3.8, 4) is 0 Å². The van der Waals surface area contributed by atoms with Gasteiger partial charge in [0.2, 0.25) is 0 Å². The van der Waals surface area contributed by atoms with Gasteiger partial charge >= 0.3 is 0 Å². The van der Waals surface area contributed by atoms with Crippen molar-refractivity contribution in [2.75, 3.05) is 6.26 Å². The lowest BCUT2D eigenvalue weighted by Gasteiger charge is -2.30. The van der Waals surface area contributed by atoms with Crippen molar-refractivity contribution >= 4 is 16.0 Å². The Morgan fingerprint density at radius 1 is 1.00 bits per heavy atom. The van der Waals surface area contributed by atoms with Crippen LogP contribution in [0.1, 0.15) is 0 Å². The fourth-order valence-corrected chi connectivity index (χ4v) is 5.33. The van der Waals surface area contributed by atoms with E-state index in [0.717, 1.165) is 0 Å². The van der Waals surface area contributed by atoms with Gasteiger partial charge in [0.1, 0.15) is 3.74 Å². The molecule has 0 aliphatic rings. The van der Waals surface area contributed by atoms with Gasteiger partial charge in [0.05, 0.1) is 25.5 Å². The van der Waals surface area contributed by atoms with Crippen LogP contribution >= 0.6 is 10.3 Å². The summed E-state index contributed by atoms with van der Waals surface area (Å²) >= 11 is 0. The predicted molar refractivity (Wildman–Crippen MR) is 70.7 cm³/mol. The van der Waals surface area contributed by atoms with E-state index in [0.29, 0.717) is 4.90 Å². The van der Waals surface area contributed by atoms with Gasteiger partial charge in [-0.25, -0.2) is 0 Å². The summed E-state index contributed by atoms with van der Waals surface area (Å²) in [6.07, 6.45) is 1.45. The molecule has 2 aromatic rings. The molecule has 9 heteroatoms. The molecule has 0 saturated carbocycles. The molecule has 0 spiro atoms. The van der Waals surface area contributed by atoms with Crippen LogP contribution in [0.25, 0.3) is 0 Å². The maximum atomic E-state index is 11.1. The summed E-state index contributed by atoms with van der Waals surface area (Å²) in [7, 11) is -7.43. The Morgan fingerprint density at radius 3 is 2.14 bits per heavy atom. The van der Waals surface area contributed by atoms with Crippen molar-refractivity contribution in [3.05, 3.63) is 64.7 Å². The number of nitro groups is 1. The highest BCUT2D eigenvalue weighted by molar-refractivity contribution is 8.29. The first kappa shape index (κ1) is 16.7. The first-order valence-electron chi connectivity index (χ1n) is 5.92. The highest BCUT2D eigenvalue weighted by Gasteiger charge is 2.40. The zero-order valence-corrected chi connectivity index (χ0v) is 13.0. The molecule has 0 heterocycles. The maximum absolute atomic E-state index is 11.1. The van der Waals surface area contributed by atoms with Crippen LogP contribution < -0.4 is 14.0 Å². The van der Waals surface area contributed by atoms with Crippen LogP contribution in [0.3, 0.4) is 0 Å². The smallest absolute Gasteiger partial charge is 0.258 e. The highest BCUT2D eigenvalue weighted by atomic mass is 35.7. The van der Waals surface area contributed by atoms with Crippen LogP contribution in [0.15, 0.2) is 64.4 Å². The van der Waals surface area contributed by atoms with Gasteiger partial charge in [-0.2, -0.15) is 14.0 Å². The van der Waals surface area contributed by atoms with E-state index in [1.54, 1.807) is 30.3 Å². The highest BCUT2D eigenvalue weighted by Crippen LogP contribution is 2.61. The van der Waals surface area contributed by atoms with E-state index < -0.39 is 25.5 Å². The molecule has 1 unspecified atom stereocenters. The third kappa shape index (κ3) is 3.74. The molecule has 0 aromatic heterocycles. The van der Waals surface area contributed by atoms with Gasteiger partial charge in [-0.05, 0) is 18.2 Å². The van der Waals surface area contributed by atoms with Crippen molar-refractivity contribution in [3.63, 3.8) is 0 Å². The molecule has 0 aliphatic carbocycles. The summed E-state index contributed by atoms with van der Waals surface area (Å²) in [5, 5.41) is 10.9. The average molecular weight is 346 g/mol. The van der Waals surface area contributed by atoms with E-state index in [1.165, 1.54) is 30.5 Å². The van der Waals surface area contributed by atoms with E-state index in [4.69, 9.17) is 3.74 Å². The molecule has 22 heavy (non-hydrogen) atoms. The molecule has 0 saturated heterocycles. The van der Waals surface area contributed by atoms with Crippen LogP contribution in [0.5, 0.6) is 0 Å². The Balaban J connectivity index is 2.59. The van der Waals surface area contributed by atoms with Crippen LogP contribution in [-0.2, 0) is 3.74 Å². The van der Waals surface area contributed by atoms with Gasteiger partial charge in [0.15, 0.2) is 0 Å². The van der Waals surface area contributed by atoms with Gasteiger partial charge in [0, 0.05) is 28.2 Å². The lowest BCUT2D eigenvalue weighted by atomic mass is 10.3. The Labute approximate surface area is 130 Å². The van der Waals surface area contributed by atoms with Crippen LogP contribution in [-0.4, -0.2) is 11.2 Å². The SMILES string of the molecule is CS(O[Cl+3]([O-])([O-])[O-])(c1ccccc1)c1cccc([N+](=O)[O-])c1. The molecule has 1 atom stereocenters. The number of nitrogens with zero attached hydrogens (tertiary/aromatic N) is 1. The topological polar surface area (TPSA) is 122 Å². The maximum Gasteiger partial charge on any atom is 0.270 e. The molecule has 0 amide bonds. The summed E-state index contributed by atoms with van der Waals surface area (Å²) in [5.74, 6) is 0. The third-order valence-electron chi connectivity index (χ3n) is 2.87. The molecule has 0 bridgehead atoms. The minimum absolute atomic E-state index is 0.212. The van der Waals surface area contributed by atoms with Crippen molar-refractivity contribution in [1.29, 1.82) is 0 Å². The molecule has 118 valence electrons. The van der Waals surface area contributed by atoms with E-state index in [9.17, 15) is 24.1 Å². The fraction of sp³-hybridized carbons (Fsp3) is 0.0769. The summed E-state index contributed by atoms with van der Waals surface area (Å²) in [6, 6.07) is 13.7. The van der Waals surface area contributed by atoms with Crippen molar-refractivity contribution < 1.29 is 32.9 Å². The number of rotatable bonds is 5. The standard InChI is InChI=1S/C13H12ClNO6S/c1-22(21-14(16,17)18,12-7-3-2-4-8-12)13-9-5-6-11(10-13)15(19)20/h2-10H,1H3. The Hall–Kier alpha value is -1.68. The molecule has 2 rings (SSSR count). The van der Waals surface area contributed by atoms with Crippen LogP contribution in [0.4, 0.5) is 5.69 Å². The first-order valence-corrected chi connectivity index (χ1v) is 9.12. The van der Waals surface area contributed by atoms with Gasteiger partial charge in [0.25, 0.3) is 5.69 Å². The van der Waals surface area contributed by atoms with Gasteiger partial charge in [-0.3, -0.25) is 10.1 Å². The predicted octanol–water partition coefficient (Wildman–Crippen LogP) is 0.276. The second-order valence-electron chi connectivity index (χ2n) is 4.35. The summed E-state index contributed by atoms with van der Waals surface area (Å²) in [4.78, 5) is 11.0. The largest absolute Gasteiger partial charge is 0.270 e. The molecule has 0 N–H and O–H groups in total. The normalized spacial score (nSPS) is 15.8. The summed E-state index contributed by atoms with van der Waals surface area (Å²) < 4.78 is 38.1. The number of nitro benzene ring substituents is 1. The zero-order chi connectivity index (χ0) is 16.4. The summed E-state index contributed by atoms with van der Waals surface area (Å²) in [6.45, 7) is 0. The molecule has 2 aromatic carbocycles. The minimum Gasteiger partial charge on any atom is -0.258 e. The van der Waals surface area contributed by atoms with Crippen LogP contribution in [0, 0.1) is 20.4 Å². The number of halogens is 1. The van der Waals surface area contributed by atoms with E-state index in [-0.39, 0.29) is 10.6 Å². The molecular weight excluding hydrogens is 334 g/mol. The molecule has 7 nitrogen and oxygen atoms in total. The lowest BCUT2D eigenvalue weighted by Crippen LogP contribution is -2.61. The second-order valence-corrected chi connectivity index (χ2v) is 8.24. The molecule has 0 fully saturated rings. The Bertz CT molecular complexity index is 678. The van der Waals surface area contributed by atoms with Gasteiger partial charge in [-0.1, -0.05) is 24.3 Å². The van der Waals surface area contributed by atoms with E-state index >= 15 is 0 Å². The minimum atomic E-state index is -4.70. The number of non-ortho nitro benzene ring substituents is 1. The molecular formula is C13H12ClNO6S. The third-order valence-corrected chi connectivity index (χ3v) is 6.82. The van der Waals surface area contributed by atoms with Crippen molar-refractivity contribution in [1.82, 2.24) is 0 Å². The molecule has 0 aliphatic heterocycles. The second kappa shape index (κ2) is 6.21. The van der Waals surface area contributed by atoms with E-state index in [1.807, 2.05) is 0 Å². The van der Waals surface area contributed by atoms with E-state index in [2.05, 4.69) is 0 Å². The quantitative estimate of drug-likeness (QED) is 0.566. The number of hydrogen-bond acceptors (Lipinski definition) is 6. The Kier molecular flexibility index (Phi) is 4.71. The lowest BCUT2D eigenvalue weighted by molar-refractivity contribution is -1.91. The number of benzene rings is 2. The summed E-state index contributed by atoms with van der Waals surface area (Å²) in [5.41, 5.74) is -0.212. The first-order chi connectivity index (χ1) is 10.2. The number of hydrogen-bond donors (Lipinski definition) is 0.